The van der Waals surface area contributed by atoms with Crippen LogP contribution in [-0.4, -0.2) is 8.07 Å². The van der Waals surface area contributed by atoms with Gasteiger partial charge in [-0.1, -0.05) is 340 Å². The highest BCUT2D eigenvalue weighted by atomic mass is 28.3. The van der Waals surface area contributed by atoms with Gasteiger partial charge in [-0.3, -0.25) is 0 Å². The van der Waals surface area contributed by atoms with E-state index in [4.69, 9.17) is 8.83 Å². The van der Waals surface area contributed by atoms with Gasteiger partial charge in [-0.2, -0.15) is 0 Å². The Morgan fingerprint density at radius 3 is 1.21 bits per heavy atom. The molecule has 2 aliphatic rings. The SMILES string of the molecule is Cc1ccccc1-c1cccc2c1oc1c(N(c3ccc4c(c3)C3(c5ccccc5-c5ccccc53)c3cc(N(c5ccc6ccccc6c5)c5cccc6c5oc5c(-c7ccccc7[Si](c7ccccc7)(c7ccccc7)c7ccccc7)cccc56)c5ccccc5c3-4)c3ccc4ccccc4c3)cccc12. The van der Waals surface area contributed by atoms with E-state index in [1.54, 1.807) is 0 Å². The fourth-order valence-electron chi connectivity index (χ4n) is 19.1. The molecule has 0 aliphatic heterocycles. The van der Waals surface area contributed by atoms with Crippen LogP contribution in [0.15, 0.2) is 403 Å². The largest absolute Gasteiger partial charge is 0.453 e. The van der Waals surface area contributed by atoms with Gasteiger partial charge in [-0.05, 0) is 170 Å². The number of hydrogen-bond acceptors (Lipinski definition) is 4. The normalized spacial score (nSPS) is 12.7. The molecule has 1 spiro atoms. The van der Waals surface area contributed by atoms with Gasteiger partial charge in [-0.25, -0.2) is 0 Å². The van der Waals surface area contributed by atoms with E-state index in [0.29, 0.717) is 0 Å². The summed E-state index contributed by atoms with van der Waals surface area (Å²) in [6.07, 6.45) is 0. The van der Waals surface area contributed by atoms with E-state index < -0.39 is 13.5 Å². The number of hydrogen-bond donors (Lipinski definition) is 0. The predicted molar refractivity (Wildman–Crippen MR) is 458 cm³/mol. The Hall–Kier alpha value is -13.8. The fourth-order valence-corrected chi connectivity index (χ4v) is 24.1. The molecule has 0 amide bonds. The lowest BCUT2D eigenvalue weighted by Crippen LogP contribution is -2.75. The Kier molecular flexibility index (Phi) is 14.1. The van der Waals surface area contributed by atoms with Crippen LogP contribution in [0.4, 0.5) is 34.1 Å². The maximum Gasteiger partial charge on any atom is 0.180 e. The van der Waals surface area contributed by atoms with Crippen molar-refractivity contribution < 1.29 is 8.83 Å². The van der Waals surface area contributed by atoms with Crippen molar-refractivity contribution in [2.24, 2.45) is 0 Å². The van der Waals surface area contributed by atoms with Gasteiger partial charge in [0, 0.05) is 55.1 Å². The van der Waals surface area contributed by atoms with E-state index in [1.165, 1.54) is 81.6 Å². The molecule has 18 aromatic carbocycles. The maximum absolute atomic E-state index is 7.88. The molecule has 0 unspecified atom stereocenters. The molecule has 0 fully saturated rings. The molecular formula is C104H68N2O2Si. The Balaban J connectivity index is 0.795. The molecule has 20 aromatic rings. The molecule has 22 rings (SSSR count). The summed E-state index contributed by atoms with van der Waals surface area (Å²) in [4.78, 5) is 4.96. The lowest BCUT2D eigenvalue weighted by molar-refractivity contribution is 0.670. The van der Waals surface area contributed by atoms with Crippen LogP contribution in [0.25, 0.3) is 121 Å². The van der Waals surface area contributed by atoms with Crippen molar-refractivity contribution in [3.05, 3.63) is 422 Å². The van der Waals surface area contributed by atoms with Crippen LogP contribution >= 0.6 is 0 Å². The molecule has 109 heavy (non-hydrogen) atoms. The van der Waals surface area contributed by atoms with Crippen molar-refractivity contribution >= 4 is 139 Å². The molecule has 0 bridgehead atoms. The van der Waals surface area contributed by atoms with Crippen LogP contribution in [0.3, 0.4) is 0 Å². The maximum atomic E-state index is 7.88. The van der Waals surface area contributed by atoms with Crippen molar-refractivity contribution in [1.29, 1.82) is 0 Å². The zero-order valence-electron chi connectivity index (χ0n) is 59.7. The van der Waals surface area contributed by atoms with Crippen molar-refractivity contribution in [3.63, 3.8) is 0 Å². The number of nitrogens with zero attached hydrogens (tertiary/aromatic N) is 2. The summed E-state index contributed by atoms with van der Waals surface area (Å²) in [6, 6.07) is 147. The number of aryl methyl sites for hydroxylation is 1. The van der Waals surface area contributed by atoms with E-state index in [0.717, 1.165) is 122 Å². The highest BCUT2D eigenvalue weighted by Crippen LogP contribution is 2.66. The van der Waals surface area contributed by atoms with Crippen LogP contribution in [0.2, 0.25) is 0 Å². The van der Waals surface area contributed by atoms with Crippen LogP contribution in [-0.2, 0) is 5.41 Å². The first-order valence-corrected chi connectivity index (χ1v) is 39.7. The summed E-state index contributed by atoms with van der Waals surface area (Å²) in [6.45, 7) is 2.18. The number of para-hydroxylation sites is 4. The lowest BCUT2D eigenvalue weighted by atomic mass is 9.70. The molecule has 2 aromatic heterocycles. The summed E-state index contributed by atoms with van der Waals surface area (Å²) in [7, 11) is -3.04. The molecule has 0 radical (unpaired) electrons. The third-order valence-electron chi connectivity index (χ3n) is 23.7. The van der Waals surface area contributed by atoms with E-state index >= 15 is 0 Å². The average molecular weight is 1410 g/mol. The van der Waals surface area contributed by atoms with Gasteiger partial charge in [-0.15, -0.1) is 0 Å². The zero-order valence-corrected chi connectivity index (χ0v) is 60.7. The van der Waals surface area contributed by atoms with E-state index in [1.807, 2.05) is 0 Å². The summed E-state index contributed by atoms with van der Waals surface area (Å²) in [5, 5.41) is 16.4. The number of furan rings is 2. The van der Waals surface area contributed by atoms with Crippen molar-refractivity contribution in [1.82, 2.24) is 0 Å². The van der Waals surface area contributed by atoms with E-state index in [-0.39, 0.29) is 0 Å². The lowest BCUT2D eigenvalue weighted by Gasteiger charge is -2.36. The van der Waals surface area contributed by atoms with Gasteiger partial charge < -0.3 is 18.6 Å². The van der Waals surface area contributed by atoms with Crippen LogP contribution in [0, 0.1) is 6.92 Å². The van der Waals surface area contributed by atoms with Gasteiger partial charge in [0.05, 0.1) is 22.5 Å². The predicted octanol–water partition coefficient (Wildman–Crippen LogP) is 25.2. The molecule has 0 atom stereocenters. The second-order valence-electron chi connectivity index (χ2n) is 29.3. The molecule has 0 N–H and O–H groups in total. The van der Waals surface area contributed by atoms with Crippen molar-refractivity contribution in [2.75, 3.05) is 9.80 Å². The van der Waals surface area contributed by atoms with E-state index in [2.05, 4.69) is 411 Å². The first kappa shape index (κ1) is 62.5. The van der Waals surface area contributed by atoms with E-state index in [9.17, 15) is 0 Å². The highest BCUT2D eigenvalue weighted by Gasteiger charge is 2.53. The molecule has 2 aliphatic carbocycles. The van der Waals surface area contributed by atoms with Crippen LogP contribution in [0.5, 0.6) is 0 Å². The quantitative estimate of drug-likeness (QED) is 0.0901. The minimum Gasteiger partial charge on any atom is -0.453 e. The first-order chi connectivity index (χ1) is 54.0. The first-order valence-electron chi connectivity index (χ1n) is 37.7. The summed E-state index contributed by atoms with van der Waals surface area (Å²) in [5.74, 6) is 0. The van der Waals surface area contributed by atoms with Crippen molar-refractivity contribution in [2.45, 2.75) is 12.3 Å². The van der Waals surface area contributed by atoms with Gasteiger partial charge in [0.25, 0.3) is 0 Å². The molecule has 0 saturated heterocycles. The minimum atomic E-state index is -3.04. The monoisotopic (exact) mass is 1400 g/mol. The Morgan fingerprint density at radius 2 is 0.642 bits per heavy atom. The third kappa shape index (κ3) is 9.24. The van der Waals surface area contributed by atoms with Gasteiger partial charge >= 0.3 is 0 Å². The second-order valence-corrected chi connectivity index (χ2v) is 33.0. The number of fused-ring (bicyclic) bond motifs is 20. The Morgan fingerprint density at radius 1 is 0.239 bits per heavy atom. The molecule has 2 heterocycles. The van der Waals surface area contributed by atoms with Gasteiger partial charge in [0.15, 0.2) is 19.2 Å². The average Bonchev–Trinajstić information content (AvgIpc) is 1.50. The molecule has 510 valence electrons. The van der Waals surface area contributed by atoms with Crippen LogP contribution in [0.1, 0.15) is 27.8 Å². The number of rotatable bonds is 12. The third-order valence-corrected chi connectivity index (χ3v) is 28.5. The highest BCUT2D eigenvalue weighted by molar-refractivity contribution is 7.20. The Bertz CT molecular complexity index is 6950. The van der Waals surface area contributed by atoms with Gasteiger partial charge in [0.1, 0.15) is 11.2 Å². The molecule has 4 nitrogen and oxygen atoms in total. The summed E-state index contributed by atoms with van der Waals surface area (Å²) < 4.78 is 15.3. The summed E-state index contributed by atoms with van der Waals surface area (Å²) >= 11 is 0. The number of benzene rings is 18. The summed E-state index contributed by atoms with van der Waals surface area (Å²) in [5.41, 5.74) is 24.0. The van der Waals surface area contributed by atoms with Gasteiger partial charge in [0.2, 0.25) is 0 Å². The van der Waals surface area contributed by atoms with Crippen molar-refractivity contribution in [3.8, 4) is 44.5 Å². The van der Waals surface area contributed by atoms with Crippen LogP contribution < -0.4 is 30.5 Å². The smallest absolute Gasteiger partial charge is 0.180 e. The fraction of sp³-hybridized carbons (Fsp3) is 0.0192. The minimum absolute atomic E-state index is 0.803. The number of anilines is 6. The second kappa shape index (κ2) is 24.6. The molecular weight excluding hydrogens is 1340 g/mol. The molecule has 5 heteroatoms. The Labute approximate surface area is 632 Å². The standard InChI is InChI=1S/C104H68N2O2Si/c1-67-29-11-16-40-78(67)84-46-25-48-86-88-50-27-54-95(102(88)107-100(84)86)105(72-59-57-68-30-12-14-32-70(68)63-72)74-61-62-90-93(65-74)104(91-52-22-19-41-79(91)80-42-20-23-53-92(80)104)94-66-97(81-43-17-18-45-83(81)99(90)94)106(73-60-58-69-31-13-15-33-71(69)64-73)96-55-28-51-89-87-49-26-47-85(101(87)108-103(89)96)82-44-21-24-56-98(82)109(75-34-5-2-6-35-75,76-36-7-3-8-37-76)77-38-9-4-10-39-77/h2-66H,1H3. The zero-order chi connectivity index (χ0) is 71.9. The molecule has 0 saturated carbocycles. The topological polar surface area (TPSA) is 32.8 Å².